The molecule has 4 nitrogen and oxygen atoms in total. The zero-order chi connectivity index (χ0) is 12.5. The molecule has 0 radical (unpaired) electrons. The van der Waals surface area contributed by atoms with Crippen LogP contribution >= 0.6 is 0 Å². The first-order valence-corrected chi connectivity index (χ1v) is 6.28. The fourth-order valence-corrected chi connectivity index (χ4v) is 1.86. The van der Waals surface area contributed by atoms with Crippen LogP contribution in [0.3, 0.4) is 0 Å². The van der Waals surface area contributed by atoms with Crippen LogP contribution in [0.1, 0.15) is 25.3 Å². The number of methoxy groups -OCH3 is 1. The summed E-state index contributed by atoms with van der Waals surface area (Å²) in [6.07, 6.45) is 6.15. The third-order valence-electron chi connectivity index (χ3n) is 2.73. The van der Waals surface area contributed by atoms with E-state index in [-0.39, 0.29) is 12.6 Å². The molecule has 0 spiro atoms. The van der Waals surface area contributed by atoms with Crippen LogP contribution < -0.4 is 5.32 Å². The van der Waals surface area contributed by atoms with Gasteiger partial charge in [0, 0.05) is 45.2 Å². The molecular formula is C13H24N2O2. The van der Waals surface area contributed by atoms with Gasteiger partial charge in [-0.2, -0.15) is 0 Å². The molecule has 0 amide bonds. The predicted octanol–water partition coefficient (Wildman–Crippen LogP) is 1.39. The van der Waals surface area contributed by atoms with Crippen molar-refractivity contribution >= 4 is 0 Å². The molecular weight excluding hydrogens is 216 g/mol. The quantitative estimate of drug-likeness (QED) is 0.685. The smallest absolute Gasteiger partial charge is 0.0616 e. The van der Waals surface area contributed by atoms with E-state index in [1.165, 1.54) is 5.56 Å². The van der Waals surface area contributed by atoms with Crippen molar-refractivity contribution in [2.45, 2.75) is 38.9 Å². The Kier molecular flexibility index (Phi) is 6.93. The van der Waals surface area contributed by atoms with E-state index in [1.807, 2.05) is 0 Å². The fraction of sp³-hybridized carbons (Fsp3) is 0.692. The fourth-order valence-electron chi connectivity index (χ4n) is 1.86. The Labute approximate surface area is 104 Å². The van der Waals surface area contributed by atoms with Crippen molar-refractivity contribution in [1.82, 2.24) is 9.88 Å². The summed E-state index contributed by atoms with van der Waals surface area (Å²) in [5.74, 6) is 0. The van der Waals surface area contributed by atoms with Crippen molar-refractivity contribution in [3.8, 4) is 0 Å². The molecule has 0 aliphatic heterocycles. The zero-order valence-corrected chi connectivity index (χ0v) is 10.9. The molecule has 98 valence electrons. The molecule has 0 saturated heterocycles. The summed E-state index contributed by atoms with van der Waals surface area (Å²) in [6, 6.07) is 2.35. The predicted molar refractivity (Wildman–Crippen MR) is 68.9 cm³/mol. The standard InChI is InChI=1S/C13H24N2O2/c1-3-6-15-7-4-12(10-15)9-14-13(5-8-16)11-17-2/h4,7,10,13-14,16H,3,5-6,8-9,11H2,1-2H3. The molecule has 1 unspecified atom stereocenters. The van der Waals surface area contributed by atoms with Crippen LogP contribution in [0.15, 0.2) is 18.5 Å². The van der Waals surface area contributed by atoms with Crippen molar-refractivity contribution in [2.24, 2.45) is 0 Å². The number of aryl methyl sites for hydroxylation is 1. The lowest BCUT2D eigenvalue weighted by Gasteiger charge is -2.16. The molecule has 1 atom stereocenters. The molecule has 1 aromatic heterocycles. The summed E-state index contributed by atoms with van der Waals surface area (Å²) in [5.41, 5.74) is 1.28. The van der Waals surface area contributed by atoms with Crippen molar-refractivity contribution in [1.29, 1.82) is 0 Å². The van der Waals surface area contributed by atoms with Crippen LogP contribution in [-0.2, 0) is 17.8 Å². The second-order valence-electron chi connectivity index (χ2n) is 4.30. The van der Waals surface area contributed by atoms with Gasteiger partial charge in [-0.15, -0.1) is 0 Å². The van der Waals surface area contributed by atoms with E-state index < -0.39 is 0 Å². The highest BCUT2D eigenvalue weighted by Gasteiger charge is 2.07. The van der Waals surface area contributed by atoms with E-state index in [0.29, 0.717) is 6.61 Å². The van der Waals surface area contributed by atoms with Crippen LogP contribution in [0.25, 0.3) is 0 Å². The van der Waals surface area contributed by atoms with Crippen molar-refractivity contribution in [3.63, 3.8) is 0 Å². The van der Waals surface area contributed by atoms with Crippen LogP contribution in [-0.4, -0.2) is 36.0 Å². The van der Waals surface area contributed by atoms with Gasteiger partial charge in [0.1, 0.15) is 0 Å². The summed E-state index contributed by atoms with van der Waals surface area (Å²) in [7, 11) is 1.68. The van der Waals surface area contributed by atoms with Gasteiger partial charge in [0.2, 0.25) is 0 Å². The topological polar surface area (TPSA) is 46.4 Å². The minimum Gasteiger partial charge on any atom is -0.396 e. The second kappa shape index (κ2) is 8.28. The van der Waals surface area contributed by atoms with Gasteiger partial charge < -0.3 is 19.7 Å². The van der Waals surface area contributed by atoms with Gasteiger partial charge in [-0.3, -0.25) is 0 Å². The Hall–Kier alpha value is -0.840. The lowest BCUT2D eigenvalue weighted by Crippen LogP contribution is -2.33. The first-order chi connectivity index (χ1) is 8.30. The highest BCUT2D eigenvalue weighted by atomic mass is 16.5. The van der Waals surface area contributed by atoms with Gasteiger partial charge in [-0.1, -0.05) is 6.92 Å². The van der Waals surface area contributed by atoms with E-state index in [0.717, 1.165) is 25.9 Å². The maximum atomic E-state index is 8.93. The Morgan fingerprint density at radius 1 is 1.53 bits per heavy atom. The number of hydrogen-bond donors (Lipinski definition) is 2. The van der Waals surface area contributed by atoms with E-state index in [1.54, 1.807) is 7.11 Å². The first-order valence-electron chi connectivity index (χ1n) is 6.28. The molecule has 4 heteroatoms. The number of aromatic nitrogens is 1. The monoisotopic (exact) mass is 240 g/mol. The largest absolute Gasteiger partial charge is 0.396 e. The van der Waals surface area contributed by atoms with E-state index in [4.69, 9.17) is 9.84 Å². The number of aliphatic hydroxyl groups is 1. The molecule has 0 fully saturated rings. The molecule has 1 rings (SSSR count). The number of nitrogens with zero attached hydrogens (tertiary/aromatic N) is 1. The second-order valence-corrected chi connectivity index (χ2v) is 4.30. The number of nitrogens with one attached hydrogen (secondary N) is 1. The average Bonchev–Trinajstić information content (AvgIpc) is 2.75. The Balaban J connectivity index is 2.35. The van der Waals surface area contributed by atoms with Gasteiger partial charge in [0.15, 0.2) is 0 Å². The molecule has 2 N–H and O–H groups in total. The molecule has 0 aromatic carbocycles. The number of aliphatic hydroxyl groups excluding tert-OH is 1. The summed E-state index contributed by atoms with van der Waals surface area (Å²) >= 11 is 0. The zero-order valence-electron chi connectivity index (χ0n) is 10.9. The van der Waals surface area contributed by atoms with Crippen LogP contribution in [0, 0.1) is 0 Å². The van der Waals surface area contributed by atoms with Crippen molar-refractivity contribution < 1.29 is 9.84 Å². The van der Waals surface area contributed by atoms with Crippen LogP contribution in [0.4, 0.5) is 0 Å². The third-order valence-corrected chi connectivity index (χ3v) is 2.73. The minimum absolute atomic E-state index is 0.192. The summed E-state index contributed by atoms with van der Waals surface area (Å²) in [6.45, 7) is 4.89. The Bertz CT molecular complexity index is 293. The van der Waals surface area contributed by atoms with Gasteiger partial charge in [-0.05, 0) is 24.5 Å². The highest BCUT2D eigenvalue weighted by Crippen LogP contribution is 2.03. The van der Waals surface area contributed by atoms with Gasteiger partial charge in [0.05, 0.1) is 6.61 Å². The van der Waals surface area contributed by atoms with E-state index in [9.17, 15) is 0 Å². The van der Waals surface area contributed by atoms with Gasteiger partial charge >= 0.3 is 0 Å². The number of rotatable bonds is 9. The van der Waals surface area contributed by atoms with Gasteiger partial charge in [-0.25, -0.2) is 0 Å². The molecule has 1 heterocycles. The lowest BCUT2D eigenvalue weighted by atomic mass is 10.2. The normalized spacial score (nSPS) is 12.9. The molecule has 1 aromatic rings. The van der Waals surface area contributed by atoms with Crippen LogP contribution in [0.5, 0.6) is 0 Å². The maximum absolute atomic E-state index is 8.93. The van der Waals surface area contributed by atoms with E-state index >= 15 is 0 Å². The molecule has 0 bridgehead atoms. The maximum Gasteiger partial charge on any atom is 0.0616 e. The molecule has 0 aliphatic carbocycles. The third kappa shape index (κ3) is 5.35. The minimum atomic E-state index is 0.192. The highest BCUT2D eigenvalue weighted by molar-refractivity contribution is 5.10. The van der Waals surface area contributed by atoms with Crippen molar-refractivity contribution in [3.05, 3.63) is 24.0 Å². The first kappa shape index (κ1) is 14.2. The Morgan fingerprint density at radius 3 is 3.00 bits per heavy atom. The average molecular weight is 240 g/mol. The summed E-state index contributed by atoms with van der Waals surface area (Å²) in [5, 5.41) is 12.3. The van der Waals surface area contributed by atoms with E-state index in [2.05, 4.69) is 35.3 Å². The van der Waals surface area contributed by atoms with Crippen LogP contribution in [0.2, 0.25) is 0 Å². The van der Waals surface area contributed by atoms with Gasteiger partial charge in [0.25, 0.3) is 0 Å². The molecule has 0 saturated carbocycles. The number of hydrogen-bond acceptors (Lipinski definition) is 3. The lowest BCUT2D eigenvalue weighted by molar-refractivity contribution is 0.148. The van der Waals surface area contributed by atoms with Crippen molar-refractivity contribution in [2.75, 3.05) is 20.3 Å². The number of ether oxygens (including phenoxy) is 1. The summed E-state index contributed by atoms with van der Waals surface area (Å²) < 4.78 is 7.31. The molecule has 0 aliphatic rings. The Morgan fingerprint density at radius 2 is 2.35 bits per heavy atom. The SMILES string of the molecule is CCCn1ccc(CNC(CCO)COC)c1. The summed E-state index contributed by atoms with van der Waals surface area (Å²) in [4.78, 5) is 0. The molecule has 17 heavy (non-hydrogen) atoms.